The average molecular weight is 285 g/mol. The third kappa shape index (κ3) is 3.27. The maximum atomic E-state index is 13.5. The summed E-state index contributed by atoms with van der Waals surface area (Å²) in [4.78, 5) is 0. The standard InChI is InChI=1S/C14H11F4NO/c15-8-1-3-11(17)10(5-8)13(19)7-20-14-6-9(16)2-4-12(14)18/h1-6,13H,7,19H2. The van der Waals surface area contributed by atoms with E-state index in [1.54, 1.807) is 0 Å². The first-order chi connectivity index (χ1) is 9.47. The lowest BCUT2D eigenvalue weighted by atomic mass is 10.1. The van der Waals surface area contributed by atoms with E-state index in [0.717, 1.165) is 36.4 Å². The summed E-state index contributed by atoms with van der Waals surface area (Å²) in [5, 5.41) is 0. The Kier molecular flexibility index (Phi) is 4.24. The van der Waals surface area contributed by atoms with Crippen molar-refractivity contribution in [2.24, 2.45) is 5.73 Å². The van der Waals surface area contributed by atoms with Gasteiger partial charge in [-0.2, -0.15) is 0 Å². The number of halogens is 4. The van der Waals surface area contributed by atoms with Crippen molar-refractivity contribution in [1.82, 2.24) is 0 Å². The van der Waals surface area contributed by atoms with E-state index in [-0.39, 0.29) is 17.9 Å². The third-order valence-electron chi connectivity index (χ3n) is 2.67. The Morgan fingerprint density at radius 2 is 1.50 bits per heavy atom. The first-order valence-corrected chi connectivity index (χ1v) is 5.76. The molecule has 0 aromatic heterocycles. The van der Waals surface area contributed by atoms with Crippen LogP contribution in [0, 0.1) is 23.3 Å². The second kappa shape index (κ2) is 5.92. The lowest BCUT2D eigenvalue weighted by molar-refractivity contribution is 0.273. The SMILES string of the molecule is NC(COc1cc(F)ccc1F)c1cc(F)ccc1F. The van der Waals surface area contributed by atoms with Crippen LogP contribution in [0.1, 0.15) is 11.6 Å². The van der Waals surface area contributed by atoms with Crippen LogP contribution >= 0.6 is 0 Å². The Balaban J connectivity index is 2.10. The smallest absolute Gasteiger partial charge is 0.165 e. The summed E-state index contributed by atoms with van der Waals surface area (Å²) in [6.07, 6.45) is 0. The highest BCUT2D eigenvalue weighted by Gasteiger charge is 2.14. The summed E-state index contributed by atoms with van der Waals surface area (Å²) >= 11 is 0. The van der Waals surface area contributed by atoms with E-state index >= 15 is 0 Å². The summed E-state index contributed by atoms with van der Waals surface area (Å²) in [5.74, 6) is -3.11. The van der Waals surface area contributed by atoms with Gasteiger partial charge in [0.2, 0.25) is 0 Å². The molecule has 6 heteroatoms. The van der Waals surface area contributed by atoms with E-state index in [4.69, 9.17) is 10.5 Å². The number of benzene rings is 2. The maximum absolute atomic E-state index is 13.5. The van der Waals surface area contributed by atoms with Crippen LogP contribution in [0.3, 0.4) is 0 Å². The molecule has 2 rings (SSSR count). The van der Waals surface area contributed by atoms with Gasteiger partial charge in [-0.05, 0) is 30.3 Å². The summed E-state index contributed by atoms with van der Waals surface area (Å²) in [6.45, 7) is -0.319. The van der Waals surface area contributed by atoms with Gasteiger partial charge in [0.1, 0.15) is 24.1 Å². The molecule has 0 aliphatic carbocycles. The molecule has 2 nitrogen and oxygen atoms in total. The van der Waals surface area contributed by atoms with E-state index in [1.165, 1.54) is 0 Å². The lowest BCUT2D eigenvalue weighted by Gasteiger charge is -2.14. The second-order valence-corrected chi connectivity index (χ2v) is 4.16. The molecule has 0 fully saturated rings. The van der Waals surface area contributed by atoms with E-state index < -0.39 is 29.3 Å². The second-order valence-electron chi connectivity index (χ2n) is 4.16. The van der Waals surface area contributed by atoms with Gasteiger partial charge >= 0.3 is 0 Å². The topological polar surface area (TPSA) is 35.2 Å². The van der Waals surface area contributed by atoms with Crippen LogP contribution in [-0.4, -0.2) is 6.61 Å². The fourth-order valence-electron chi connectivity index (χ4n) is 1.66. The number of nitrogens with two attached hydrogens (primary N) is 1. The first-order valence-electron chi connectivity index (χ1n) is 5.76. The molecule has 0 saturated carbocycles. The van der Waals surface area contributed by atoms with Crippen LogP contribution in [-0.2, 0) is 0 Å². The van der Waals surface area contributed by atoms with Gasteiger partial charge in [0.05, 0.1) is 6.04 Å². The molecule has 1 unspecified atom stereocenters. The minimum atomic E-state index is -1.01. The van der Waals surface area contributed by atoms with Crippen LogP contribution in [0.25, 0.3) is 0 Å². The fourth-order valence-corrected chi connectivity index (χ4v) is 1.66. The molecule has 106 valence electrons. The number of rotatable bonds is 4. The summed E-state index contributed by atoms with van der Waals surface area (Å²) in [5.41, 5.74) is 5.56. The Bertz CT molecular complexity index is 618. The Labute approximate surface area is 112 Å². The van der Waals surface area contributed by atoms with Crippen molar-refractivity contribution in [3.63, 3.8) is 0 Å². The molecule has 0 aliphatic rings. The molecule has 0 heterocycles. The van der Waals surface area contributed by atoms with E-state index in [9.17, 15) is 17.6 Å². The minimum absolute atomic E-state index is 0.0955. The van der Waals surface area contributed by atoms with Crippen molar-refractivity contribution in [3.05, 3.63) is 65.2 Å². The molecular weight excluding hydrogens is 274 g/mol. The molecule has 0 amide bonds. The van der Waals surface area contributed by atoms with Crippen LogP contribution in [0.15, 0.2) is 36.4 Å². The molecule has 0 aliphatic heterocycles. The van der Waals surface area contributed by atoms with Crippen LogP contribution in [0.4, 0.5) is 17.6 Å². The van der Waals surface area contributed by atoms with Crippen molar-refractivity contribution in [3.8, 4) is 5.75 Å². The fraction of sp³-hybridized carbons (Fsp3) is 0.143. The van der Waals surface area contributed by atoms with Gasteiger partial charge < -0.3 is 10.5 Å². The summed E-state index contributed by atoms with van der Waals surface area (Å²) in [6, 6.07) is 4.52. The predicted molar refractivity (Wildman–Crippen MR) is 65.1 cm³/mol. The van der Waals surface area contributed by atoms with Crippen LogP contribution in [0.2, 0.25) is 0 Å². The highest BCUT2D eigenvalue weighted by Crippen LogP contribution is 2.21. The third-order valence-corrected chi connectivity index (χ3v) is 2.67. The summed E-state index contributed by atoms with van der Waals surface area (Å²) in [7, 11) is 0. The Morgan fingerprint density at radius 1 is 0.900 bits per heavy atom. The highest BCUT2D eigenvalue weighted by atomic mass is 19.1. The Morgan fingerprint density at radius 3 is 2.20 bits per heavy atom. The molecule has 2 aromatic carbocycles. The van der Waals surface area contributed by atoms with Crippen molar-refractivity contribution in [2.75, 3.05) is 6.61 Å². The molecule has 0 spiro atoms. The number of hydrogen-bond donors (Lipinski definition) is 1. The Hall–Kier alpha value is -2.08. The molecule has 0 saturated heterocycles. The quantitative estimate of drug-likeness (QED) is 0.875. The van der Waals surface area contributed by atoms with E-state index in [0.29, 0.717) is 0 Å². The zero-order chi connectivity index (χ0) is 14.7. The van der Waals surface area contributed by atoms with Gasteiger partial charge in [-0.15, -0.1) is 0 Å². The van der Waals surface area contributed by atoms with E-state index in [1.807, 2.05) is 0 Å². The molecular formula is C14H11F4NO. The number of hydrogen-bond acceptors (Lipinski definition) is 2. The molecule has 2 aromatic rings. The maximum Gasteiger partial charge on any atom is 0.165 e. The van der Waals surface area contributed by atoms with E-state index in [2.05, 4.69) is 0 Å². The first kappa shape index (κ1) is 14.3. The van der Waals surface area contributed by atoms with Gasteiger partial charge in [0.25, 0.3) is 0 Å². The van der Waals surface area contributed by atoms with Crippen molar-refractivity contribution in [1.29, 1.82) is 0 Å². The van der Waals surface area contributed by atoms with Crippen molar-refractivity contribution < 1.29 is 22.3 Å². The molecule has 2 N–H and O–H groups in total. The molecule has 0 radical (unpaired) electrons. The van der Waals surface area contributed by atoms with Crippen LogP contribution in [0.5, 0.6) is 5.75 Å². The largest absolute Gasteiger partial charge is 0.488 e. The van der Waals surface area contributed by atoms with Gasteiger partial charge in [-0.1, -0.05) is 0 Å². The normalized spacial score (nSPS) is 12.2. The van der Waals surface area contributed by atoms with Gasteiger partial charge in [-0.3, -0.25) is 0 Å². The highest BCUT2D eigenvalue weighted by molar-refractivity contribution is 5.26. The van der Waals surface area contributed by atoms with Gasteiger partial charge in [0, 0.05) is 11.6 Å². The van der Waals surface area contributed by atoms with Crippen molar-refractivity contribution in [2.45, 2.75) is 6.04 Å². The van der Waals surface area contributed by atoms with Crippen molar-refractivity contribution >= 4 is 0 Å². The molecule has 1 atom stereocenters. The monoisotopic (exact) mass is 285 g/mol. The zero-order valence-corrected chi connectivity index (χ0v) is 10.2. The average Bonchev–Trinajstić information content (AvgIpc) is 2.42. The van der Waals surface area contributed by atoms with Gasteiger partial charge in [-0.25, -0.2) is 17.6 Å². The van der Waals surface area contributed by atoms with Gasteiger partial charge in [0.15, 0.2) is 11.6 Å². The zero-order valence-electron chi connectivity index (χ0n) is 10.2. The number of ether oxygens (including phenoxy) is 1. The molecule has 0 bridgehead atoms. The lowest BCUT2D eigenvalue weighted by Crippen LogP contribution is -2.20. The molecule has 20 heavy (non-hydrogen) atoms. The minimum Gasteiger partial charge on any atom is -0.488 e. The predicted octanol–water partition coefficient (Wildman–Crippen LogP) is 3.32. The van der Waals surface area contributed by atoms with Crippen LogP contribution < -0.4 is 10.5 Å². The summed E-state index contributed by atoms with van der Waals surface area (Å²) < 4.78 is 57.7.